The zero-order valence-corrected chi connectivity index (χ0v) is 9.40. The van der Waals surface area contributed by atoms with Gasteiger partial charge in [-0.25, -0.2) is 9.78 Å². The number of nitrogens with zero attached hydrogens (tertiary/aromatic N) is 1. The standard InChI is InChI=1S/C11H8N2O3S/c14-9-4-5-12-11(13-9)17-8-3-1-2-7(6-8)10(15)16/h1-6H,(H,15,16)(H,12,13,14). The lowest BCUT2D eigenvalue weighted by molar-refractivity contribution is 0.0696. The number of carboxylic acids is 1. The van der Waals surface area contributed by atoms with Crippen LogP contribution in [0.4, 0.5) is 0 Å². The topological polar surface area (TPSA) is 83.0 Å². The number of benzene rings is 1. The van der Waals surface area contributed by atoms with Crippen molar-refractivity contribution in [1.29, 1.82) is 0 Å². The lowest BCUT2D eigenvalue weighted by Gasteiger charge is -2.01. The molecule has 86 valence electrons. The van der Waals surface area contributed by atoms with E-state index in [2.05, 4.69) is 9.97 Å². The minimum atomic E-state index is -0.984. The highest BCUT2D eigenvalue weighted by Gasteiger charge is 2.05. The molecule has 0 fully saturated rings. The molecular formula is C11H8N2O3S. The molecule has 1 aromatic heterocycles. The van der Waals surface area contributed by atoms with E-state index in [0.29, 0.717) is 10.1 Å². The Balaban J connectivity index is 2.27. The highest BCUT2D eigenvalue weighted by atomic mass is 32.2. The zero-order chi connectivity index (χ0) is 12.3. The molecule has 0 spiro atoms. The van der Waals surface area contributed by atoms with Crippen LogP contribution in [0.5, 0.6) is 0 Å². The van der Waals surface area contributed by atoms with E-state index >= 15 is 0 Å². The average molecular weight is 248 g/mol. The molecule has 0 aliphatic carbocycles. The Morgan fingerprint density at radius 3 is 2.88 bits per heavy atom. The summed E-state index contributed by atoms with van der Waals surface area (Å²) in [5.41, 5.74) is -0.0369. The second kappa shape index (κ2) is 4.84. The molecule has 0 atom stereocenters. The van der Waals surface area contributed by atoms with Crippen LogP contribution in [-0.2, 0) is 0 Å². The summed E-state index contributed by atoms with van der Waals surface area (Å²) in [4.78, 5) is 29.1. The third-order valence-electron chi connectivity index (χ3n) is 1.94. The Labute approximate surface area is 101 Å². The lowest BCUT2D eigenvalue weighted by atomic mass is 10.2. The van der Waals surface area contributed by atoms with Gasteiger partial charge in [-0.3, -0.25) is 4.79 Å². The van der Waals surface area contributed by atoms with Crippen LogP contribution in [0.2, 0.25) is 0 Å². The van der Waals surface area contributed by atoms with Gasteiger partial charge in [0.2, 0.25) is 0 Å². The van der Waals surface area contributed by atoms with E-state index in [0.717, 1.165) is 0 Å². The molecule has 0 aliphatic heterocycles. The van der Waals surface area contributed by atoms with E-state index < -0.39 is 5.97 Å². The molecular weight excluding hydrogens is 240 g/mol. The molecule has 2 aromatic rings. The number of aromatic amines is 1. The van der Waals surface area contributed by atoms with Gasteiger partial charge in [0.05, 0.1) is 5.56 Å². The van der Waals surface area contributed by atoms with E-state index in [1.54, 1.807) is 12.1 Å². The number of nitrogens with one attached hydrogen (secondary N) is 1. The number of carbonyl (C=O) groups is 1. The van der Waals surface area contributed by atoms with Gasteiger partial charge in [0, 0.05) is 17.2 Å². The SMILES string of the molecule is O=C(O)c1cccc(Sc2nccc(=O)[nH]2)c1. The van der Waals surface area contributed by atoms with Crippen LogP contribution in [0.25, 0.3) is 0 Å². The van der Waals surface area contributed by atoms with Crippen LogP contribution in [0.15, 0.2) is 51.4 Å². The second-order valence-corrected chi connectivity index (χ2v) is 4.24. The molecule has 2 rings (SSSR count). The Kier molecular flexibility index (Phi) is 3.24. The largest absolute Gasteiger partial charge is 0.478 e. The van der Waals surface area contributed by atoms with Crippen LogP contribution in [-0.4, -0.2) is 21.0 Å². The summed E-state index contributed by atoms with van der Waals surface area (Å²) in [6, 6.07) is 7.75. The van der Waals surface area contributed by atoms with Crippen molar-refractivity contribution in [1.82, 2.24) is 9.97 Å². The molecule has 1 heterocycles. The Morgan fingerprint density at radius 1 is 1.35 bits per heavy atom. The number of aromatic nitrogens is 2. The summed E-state index contributed by atoms with van der Waals surface area (Å²) in [5.74, 6) is -0.984. The summed E-state index contributed by atoms with van der Waals surface area (Å²) in [6.45, 7) is 0. The summed E-state index contributed by atoms with van der Waals surface area (Å²) >= 11 is 1.20. The molecule has 17 heavy (non-hydrogen) atoms. The van der Waals surface area contributed by atoms with Gasteiger partial charge in [0.15, 0.2) is 5.16 Å². The number of H-pyrrole nitrogens is 1. The Bertz CT molecular complexity index is 609. The summed E-state index contributed by atoms with van der Waals surface area (Å²) in [6.07, 6.45) is 1.40. The van der Waals surface area contributed by atoms with Crippen LogP contribution in [0.3, 0.4) is 0 Å². The zero-order valence-electron chi connectivity index (χ0n) is 8.58. The number of hydrogen-bond donors (Lipinski definition) is 2. The van der Waals surface area contributed by atoms with E-state index in [9.17, 15) is 9.59 Å². The third-order valence-corrected chi connectivity index (χ3v) is 2.83. The fourth-order valence-electron chi connectivity index (χ4n) is 1.21. The van der Waals surface area contributed by atoms with Crippen molar-refractivity contribution < 1.29 is 9.90 Å². The average Bonchev–Trinajstić information content (AvgIpc) is 2.29. The van der Waals surface area contributed by atoms with Crippen LogP contribution >= 0.6 is 11.8 Å². The van der Waals surface area contributed by atoms with Crippen molar-refractivity contribution in [3.63, 3.8) is 0 Å². The number of aromatic carboxylic acids is 1. The van der Waals surface area contributed by atoms with Gasteiger partial charge >= 0.3 is 5.97 Å². The van der Waals surface area contributed by atoms with E-state index in [-0.39, 0.29) is 11.1 Å². The molecule has 0 amide bonds. The molecule has 0 bridgehead atoms. The predicted molar refractivity (Wildman–Crippen MR) is 62.4 cm³/mol. The van der Waals surface area contributed by atoms with Crippen molar-refractivity contribution in [2.45, 2.75) is 10.1 Å². The fourth-order valence-corrected chi connectivity index (χ4v) is 2.03. The summed E-state index contributed by atoms with van der Waals surface area (Å²) < 4.78 is 0. The van der Waals surface area contributed by atoms with E-state index in [1.165, 1.54) is 36.2 Å². The minimum absolute atomic E-state index is 0.202. The van der Waals surface area contributed by atoms with Crippen molar-refractivity contribution in [3.8, 4) is 0 Å². The maximum atomic E-state index is 11.1. The first-order valence-electron chi connectivity index (χ1n) is 4.72. The monoisotopic (exact) mass is 248 g/mol. The Hall–Kier alpha value is -2.08. The Morgan fingerprint density at radius 2 is 2.18 bits per heavy atom. The summed E-state index contributed by atoms with van der Waals surface area (Å²) in [7, 11) is 0. The van der Waals surface area contributed by atoms with Gasteiger partial charge < -0.3 is 10.1 Å². The molecule has 2 N–H and O–H groups in total. The van der Waals surface area contributed by atoms with Gasteiger partial charge in [-0.15, -0.1) is 0 Å². The van der Waals surface area contributed by atoms with Gasteiger partial charge in [-0.05, 0) is 18.2 Å². The van der Waals surface area contributed by atoms with Crippen molar-refractivity contribution in [2.24, 2.45) is 0 Å². The molecule has 0 saturated heterocycles. The van der Waals surface area contributed by atoms with Gasteiger partial charge in [0.25, 0.3) is 5.56 Å². The summed E-state index contributed by atoms with van der Waals surface area (Å²) in [5, 5.41) is 9.27. The maximum absolute atomic E-state index is 11.1. The van der Waals surface area contributed by atoms with Crippen molar-refractivity contribution in [2.75, 3.05) is 0 Å². The van der Waals surface area contributed by atoms with Crippen molar-refractivity contribution in [3.05, 3.63) is 52.4 Å². The lowest BCUT2D eigenvalue weighted by Crippen LogP contribution is -2.05. The minimum Gasteiger partial charge on any atom is -0.478 e. The highest BCUT2D eigenvalue weighted by molar-refractivity contribution is 7.99. The van der Waals surface area contributed by atoms with E-state index in [1.807, 2.05) is 0 Å². The van der Waals surface area contributed by atoms with Crippen molar-refractivity contribution >= 4 is 17.7 Å². The van der Waals surface area contributed by atoms with Gasteiger partial charge in [0.1, 0.15) is 0 Å². The van der Waals surface area contributed by atoms with Gasteiger partial charge in [-0.1, -0.05) is 17.8 Å². The normalized spacial score (nSPS) is 10.1. The second-order valence-electron chi connectivity index (χ2n) is 3.17. The highest BCUT2D eigenvalue weighted by Crippen LogP contribution is 2.24. The first-order valence-corrected chi connectivity index (χ1v) is 5.53. The van der Waals surface area contributed by atoms with Crippen LogP contribution < -0.4 is 5.56 Å². The fraction of sp³-hybridized carbons (Fsp3) is 0. The number of rotatable bonds is 3. The first-order chi connectivity index (χ1) is 8.15. The number of hydrogen-bond acceptors (Lipinski definition) is 4. The molecule has 0 radical (unpaired) electrons. The first kappa shape index (κ1) is 11.4. The molecule has 0 aliphatic rings. The molecule has 0 unspecified atom stereocenters. The molecule has 1 aromatic carbocycles. The number of carboxylic acid groups (broad SMARTS) is 1. The predicted octanol–water partition coefficient (Wildman–Crippen LogP) is 1.62. The molecule has 5 nitrogen and oxygen atoms in total. The maximum Gasteiger partial charge on any atom is 0.335 e. The van der Waals surface area contributed by atoms with E-state index in [4.69, 9.17) is 5.11 Å². The quantitative estimate of drug-likeness (QED) is 0.806. The smallest absolute Gasteiger partial charge is 0.335 e. The van der Waals surface area contributed by atoms with Gasteiger partial charge in [-0.2, -0.15) is 0 Å². The van der Waals surface area contributed by atoms with Crippen LogP contribution in [0.1, 0.15) is 10.4 Å². The van der Waals surface area contributed by atoms with Crippen LogP contribution in [0, 0.1) is 0 Å². The third kappa shape index (κ3) is 2.94. The molecule has 0 saturated carbocycles. The molecule has 6 heteroatoms.